The SMILES string of the molecule is O[Si](O)(O)O.[CaH2].[MgH2].[Ni]. The number of hydrogen-bond donors (Lipinski definition) is 4. The molecule has 8 heteroatoms. The molecule has 0 unspecified atom stereocenters. The number of hydrogen-bond acceptors (Lipinski definition) is 4. The van der Waals surface area contributed by atoms with Gasteiger partial charge < -0.3 is 19.2 Å². The van der Waals surface area contributed by atoms with Crippen LogP contribution in [-0.2, 0) is 16.5 Å². The minimum absolute atomic E-state index is 0. The van der Waals surface area contributed by atoms with E-state index in [2.05, 4.69) is 0 Å². The normalized spacial score (nSPS) is 7.50. The Bertz CT molecular complexity index is 31.5. The van der Waals surface area contributed by atoms with E-state index in [1.807, 2.05) is 0 Å². The maximum atomic E-state index is 7.33. The van der Waals surface area contributed by atoms with E-state index in [1.54, 1.807) is 0 Å². The summed E-state index contributed by atoms with van der Waals surface area (Å²) < 4.78 is 0. The Labute approximate surface area is 104 Å². The van der Waals surface area contributed by atoms with E-state index in [-0.39, 0.29) is 77.3 Å². The Morgan fingerprint density at radius 2 is 0.875 bits per heavy atom. The van der Waals surface area contributed by atoms with Gasteiger partial charge in [0.25, 0.3) is 0 Å². The molecular weight excluding hydrogens is 215 g/mol. The Kier molecular flexibility index (Phi) is 26.8. The molecule has 0 spiro atoms. The summed E-state index contributed by atoms with van der Waals surface area (Å²) in [4.78, 5) is 29.3. The summed E-state index contributed by atoms with van der Waals surface area (Å²) >= 11 is 0. The second kappa shape index (κ2) is 9.58. The van der Waals surface area contributed by atoms with Crippen molar-refractivity contribution in [3.05, 3.63) is 0 Å². The van der Waals surface area contributed by atoms with Crippen LogP contribution in [0.15, 0.2) is 0 Å². The summed E-state index contributed by atoms with van der Waals surface area (Å²) in [5.41, 5.74) is 0. The Balaban J connectivity index is -0.0000000267. The first-order valence-electron chi connectivity index (χ1n) is 0.894. The van der Waals surface area contributed by atoms with Crippen LogP contribution in [0.5, 0.6) is 0 Å². The molecule has 4 nitrogen and oxygen atoms in total. The van der Waals surface area contributed by atoms with Gasteiger partial charge in [-0.15, -0.1) is 0 Å². The summed E-state index contributed by atoms with van der Waals surface area (Å²) in [6, 6.07) is 0. The zero-order valence-corrected chi connectivity index (χ0v) is 4.59. The standard InChI is InChI=1S/Ca.Mg.Ni.H4O4Si.4H/c;;;1-5(2,3)4;;;;/h;;;1-4H;;;;. The Morgan fingerprint density at radius 3 is 0.875 bits per heavy atom. The zero-order valence-electron chi connectivity index (χ0n) is 2.61. The van der Waals surface area contributed by atoms with E-state index in [4.69, 9.17) is 19.2 Å². The maximum absolute atomic E-state index is 7.33. The van der Waals surface area contributed by atoms with Crippen molar-refractivity contribution in [3.8, 4) is 0 Å². The van der Waals surface area contributed by atoms with Gasteiger partial charge in [0.05, 0.1) is 0 Å². The van der Waals surface area contributed by atoms with E-state index in [0.29, 0.717) is 0 Å². The average molecular weight is 223 g/mol. The molecule has 0 radical (unpaired) electrons. The van der Waals surface area contributed by atoms with Gasteiger partial charge in [-0.05, 0) is 0 Å². The van der Waals surface area contributed by atoms with Crippen molar-refractivity contribution < 1.29 is 35.7 Å². The summed E-state index contributed by atoms with van der Waals surface area (Å²) in [6.45, 7) is 0. The third-order valence-electron chi connectivity index (χ3n) is 0. The smallest absolute Gasteiger partial charge is 0 e. The van der Waals surface area contributed by atoms with Crippen LogP contribution < -0.4 is 0 Å². The summed E-state index contributed by atoms with van der Waals surface area (Å²) in [6.07, 6.45) is 0. The van der Waals surface area contributed by atoms with Gasteiger partial charge in [-0.1, -0.05) is 0 Å². The largest absolute Gasteiger partial charge is 0.316 e. The van der Waals surface area contributed by atoms with Crippen LogP contribution in [0.25, 0.3) is 0 Å². The molecule has 0 atom stereocenters. The fourth-order valence-electron chi connectivity index (χ4n) is 0. The van der Waals surface area contributed by atoms with Crippen LogP contribution in [0, 0.1) is 0 Å². The van der Waals surface area contributed by atoms with Gasteiger partial charge in [0, 0.05) is 16.5 Å². The molecule has 0 aromatic heterocycles. The van der Waals surface area contributed by atoms with E-state index < -0.39 is 9.05 Å². The van der Waals surface area contributed by atoms with Crippen LogP contribution in [0.1, 0.15) is 0 Å². The van der Waals surface area contributed by atoms with Crippen molar-refractivity contribution in [1.82, 2.24) is 0 Å². The fourth-order valence-corrected chi connectivity index (χ4v) is 0. The van der Waals surface area contributed by atoms with Crippen molar-refractivity contribution in [1.29, 1.82) is 0 Å². The second-order valence-electron chi connectivity index (χ2n) is 0.600. The van der Waals surface area contributed by atoms with Gasteiger partial charge in [0.1, 0.15) is 0 Å². The summed E-state index contributed by atoms with van der Waals surface area (Å²) in [7, 11) is -4.61. The zero-order chi connectivity index (χ0) is 4.50. The molecule has 0 aliphatic heterocycles. The first kappa shape index (κ1) is 22.4. The molecule has 0 amide bonds. The van der Waals surface area contributed by atoms with Gasteiger partial charge in [0.15, 0.2) is 0 Å². The van der Waals surface area contributed by atoms with Gasteiger partial charge in [-0.3, -0.25) is 0 Å². The summed E-state index contributed by atoms with van der Waals surface area (Å²) in [5, 5.41) is 0. The molecule has 0 saturated heterocycles. The van der Waals surface area contributed by atoms with Gasteiger partial charge in [-0.2, -0.15) is 0 Å². The molecule has 0 aromatic rings. The van der Waals surface area contributed by atoms with E-state index in [0.717, 1.165) is 0 Å². The van der Waals surface area contributed by atoms with E-state index in [1.165, 1.54) is 0 Å². The molecule has 0 aromatic carbocycles. The third-order valence-corrected chi connectivity index (χ3v) is 0. The molecule has 8 heavy (non-hydrogen) atoms. The fraction of sp³-hybridized carbons (Fsp3) is 0. The first-order valence-corrected chi connectivity index (χ1v) is 2.68. The minimum atomic E-state index is -4.61. The predicted molar refractivity (Wildman–Crippen MR) is 31.7 cm³/mol. The van der Waals surface area contributed by atoms with Crippen LogP contribution in [-0.4, -0.2) is 89.0 Å². The van der Waals surface area contributed by atoms with E-state index in [9.17, 15) is 0 Å². The topological polar surface area (TPSA) is 80.9 Å². The van der Waals surface area contributed by atoms with Crippen LogP contribution in [0.2, 0.25) is 0 Å². The predicted octanol–water partition coefficient (Wildman–Crippen LogP) is -4.44. The monoisotopic (exact) mass is 222 g/mol. The molecular formula is H8CaMgNiO4Si. The molecule has 0 rings (SSSR count). The van der Waals surface area contributed by atoms with Crippen molar-refractivity contribution in [2.24, 2.45) is 0 Å². The van der Waals surface area contributed by atoms with Crippen LogP contribution in [0.4, 0.5) is 0 Å². The minimum Gasteiger partial charge on any atom is 0 e. The molecule has 0 bridgehead atoms. The van der Waals surface area contributed by atoms with Crippen molar-refractivity contribution in [2.75, 3.05) is 0 Å². The molecule has 0 fully saturated rings. The average Bonchev–Trinajstić information content (AvgIpc) is 0.722. The van der Waals surface area contributed by atoms with Gasteiger partial charge >= 0.3 is 69.8 Å². The van der Waals surface area contributed by atoms with Gasteiger partial charge in [-0.25, -0.2) is 0 Å². The van der Waals surface area contributed by atoms with E-state index >= 15 is 0 Å². The maximum Gasteiger partial charge on any atom is 0.316 e. The third kappa shape index (κ3) is 74.2. The molecule has 0 aliphatic carbocycles. The molecule has 50 valence electrons. The van der Waals surface area contributed by atoms with Crippen molar-refractivity contribution in [3.63, 3.8) is 0 Å². The Hall–Kier alpha value is 2.58. The quantitative estimate of drug-likeness (QED) is 0.312. The van der Waals surface area contributed by atoms with Crippen molar-refractivity contribution in [2.45, 2.75) is 0 Å². The molecule has 0 heterocycles. The Morgan fingerprint density at radius 1 is 0.875 bits per heavy atom. The second-order valence-corrected chi connectivity index (χ2v) is 1.80. The van der Waals surface area contributed by atoms with Crippen molar-refractivity contribution >= 4 is 69.8 Å². The molecule has 0 aliphatic rings. The molecule has 0 saturated carbocycles. The summed E-state index contributed by atoms with van der Waals surface area (Å²) in [5.74, 6) is 0. The molecule has 4 N–H and O–H groups in total. The first-order chi connectivity index (χ1) is 2.00. The van der Waals surface area contributed by atoms with Gasteiger partial charge in [0.2, 0.25) is 0 Å². The van der Waals surface area contributed by atoms with Crippen LogP contribution in [0.3, 0.4) is 0 Å². The number of rotatable bonds is 0. The van der Waals surface area contributed by atoms with Crippen LogP contribution >= 0.6 is 0 Å².